The fourth-order valence-corrected chi connectivity index (χ4v) is 3.95. The standard InChI is InChI=1S/C17H19NO5S/c1-21-15-9-8-14(10-16(15)22-2)24(19,20)18-11-17(23-12-18)13-6-4-3-5-7-13/h3-10,17H,11-12H2,1-2H3. The van der Waals surface area contributed by atoms with Crippen LogP contribution in [0.5, 0.6) is 11.5 Å². The van der Waals surface area contributed by atoms with Crippen LogP contribution in [0.3, 0.4) is 0 Å². The summed E-state index contributed by atoms with van der Waals surface area (Å²) in [5.41, 5.74) is 0.961. The first-order valence-corrected chi connectivity index (χ1v) is 8.89. The molecular weight excluding hydrogens is 330 g/mol. The van der Waals surface area contributed by atoms with Crippen molar-refractivity contribution in [3.05, 3.63) is 54.1 Å². The first-order valence-electron chi connectivity index (χ1n) is 7.45. The van der Waals surface area contributed by atoms with Gasteiger partial charge in [0.2, 0.25) is 10.0 Å². The Morgan fingerprint density at radius 1 is 1.04 bits per heavy atom. The summed E-state index contributed by atoms with van der Waals surface area (Å²) in [6.07, 6.45) is -0.263. The van der Waals surface area contributed by atoms with E-state index in [2.05, 4.69) is 0 Å². The minimum absolute atomic E-state index is 0.0240. The first kappa shape index (κ1) is 16.8. The average Bonchev–Trinajstić information content (AvgIpc) is 3.12. The van der Waals surface area contributed by atoms with E-state index in [1.54, 1.807) is 6.07 Å². The van der Waals surface area contributed by atoms with Crippen LogP contribution < -0.4 is 9.47 Å². The van der Waals surface area contributed by atoms with Crippen LogP contribution in [0.2, 0.25) is 0 Å². The van der Waals surface area contributed by atoms with Gasteiger partial charge in [-0.3, -0.25) is 0 Å². The molecule has 1 atom stereocenters. The minimum Gasteiger partial charge on any atom is -0.493 e. The summed E-state index contributed by atoms with van der Waals surface area (Å²) in [6, 6.07) is 14.1. The molecule has 7 heteroatoms. The zero-order valence-electron chi connectivity index (χ0n) is 13.5. The molecule has 6 nitrogen and oxygen atoms in total. The van der Waals surface area contributed by atoms with Crippen molar-refractivity contribution in [3.8, 4) is 11.5 Å². The van der Waals surface area contributed by atoms with E-state index < -0.39 is 10.0 Å². The molecule has 1 aliphatic rings. The van der Waals surface area contributed by atoms with Gasteiger partial charge in [0.25, 0.3) is 0 Å². The van der Waals surface area contributed by atoms with E-state index in [9.17, 15) is 8.42 Å². The van der Waals surface area contributed by atoms with E-state index in [1.165, 1.54) is 30.7 Å². The summed E-state index contributed by atoms with van der Waals surface area (Å²) in [6.45, 7) is 0.303. The molecular formula is C17H19NO5S. The Bertz CT molecular complexity index is 807. The lowest BCUT2D eigenvalue weighted by molar-refractivity contribution is 0.104. The molecule has 0 radical (unpaired) electrons. The van der Waals surface area contributed by atoms with Crippen LogP contribution in [-0.4, -0.2) is 40.2 Å². The van der Waals surface area contributed by atoms with Gasteiger partial charge in [-0.2, -0.15) is 4.31 Å². The second-order valence-electron chi connectivity index (χ2n) is 5.35. The molecule has 1 aliphatic heterocycles. The van der Waals surface area contributed by atoms with Crippen LogP contribution in [-0.2, 0) is 14.8 Å². The normalized spacial score (nSPS) is 18.5. The predicted octanol–water partition coefficient (Wildman–Crippen LogP) is 2.42. The number of nitrogens with zero attached hydrogens (tertiary/aromatic N) is 1. The fraction of sp³-hybridized carbons (Fsp3) is 0.294. The Morgan fingerprint density at radius 3 is 2.42 bits per heavy atom. The van der Waals surface area contributed by atoms with Crippen molar-refractivity contribution in [3.63, 3.8) is 0 Å². The van der Waals surface area contributed by atoms with E-state index in [0.717, 1.165) is 5.56 Å². The molecule has 3 rings (SSSR count). The second kappa shape index (κ2) is 6.80. The van der Waals surface area contributed by atoms with Crippen molar-refractivity contribution < 1.29 is 22.6 Å². The SMILES string of the molecule is COc1ccc(S(=O)(=O)N2COC(c3ccccc3)C2)cc1OC. The van der Waals surface area contributed by atoms with Crippen LogP contribution in [0.4, 0.5) is 0 Å². The maximum Gasteiger partial charge on any atom is 0.245 e. The van der Waals surface area contributed by atoms with Gasteiger partial charge in [0.15, 0.2) is 11.5 Å². The van der Waals surface area contributed by atoms with Crippen molar-refractivity contribution in [1.29, 1.82) is 0 Å². The van der Waals surface area contributed by atoms with E-state index in [4.69, 9.17) is 14.2 Å². The highest BCUT2D eigenvalue weighted by atomic mass is 32.2. The van der Waals surface area contributed by atoms with Gasteiger partial charge < -0.3 is 14.2 Å². The third kappa shape index (κ3) is 3.10. The van der Waals surface area contributed by atoms with Crippen LogP contribution in [0.25, 0.3) is 0 Å². The molecule has 0 amide bonds. The molecule has 1 saturated heterocycles. The van der Waals surface area contributed by atoms with Crippen LogP contribution in [0.1, 0.15) is 11.7 Å². The topological polar surface area (TPSA) is 65.1 Å². The largest absolute Gasteiger partial charge is 0.493 e. The Kier molecular flexibility index (Phi) is 4.75. The Balaban J connectivity index is 1.84. The minimum atomic E-state index is -3.66. The lowest BCUT2D eigenvalue weighted by atomic mass is 10.1. The predicted molar refractivity (Wildman–Crippen MR) is 88.6 cm³/mol. The van der Waals surface area contributed by atoms with E-state index in [-0.39, 0.29) is 24.3 Å². The monoisotopic (exact) mass is 349 g/mol. The van der Waals surface area contributed by atoms with Crippen molar-refractivity contribution in [2.45, 2.75) is 11.0 Å². The summed E-state index contributed by atoms with van der Waals surface area (Å²) in [4.78, 5) is 0.150. The maximum atomic E-state index is 12.8. The van der Waals surface area contributed by atoms with Crippen molar-refractivity contribution in [1.82, 2.24) is 4.31 Å². The van der Waals surface area contributed by atoms with Gasteiger partial charge >= 0.3 is 0 Å². The number of ether oxygens (including phenoxy) is 3. The molecule has 1 heterocycles. The number of rotatable bonds is 5. The van der Waals surface area contributed by atoms with E-state index in [1.807, 2.05) is 30.3 Å². The van der Waals surface area contributed by atoms with Gasteiger partial charge in [0, 0.05) is 12.6 Å². The summed E-state index contributed by atoms with van der Waals surface area (Å²) in [7, 11) is -0.689. The van der Waals surface area contributed by atoms with Gasteiger partial charge in [-0.05, 0) is 17.7 Å². The molecule has 0 bridgehead atoms. The quantitative estimate of drug-likeness (QED) is 0.829. The molecule has 1 fully saturated rings. The second-order valence-corrected chi connectivity index (χ2v) is 7.29. The van der Waals surface area contributed by atoms with E-state index >= 15 is 0 Å². The number of hydrogen-bond donors (Lipinski definition) is 0. The molecule has 0 aliphatic carbocycles. The molecule has 2 aromatic carbocycles. The van der Waals surface area contributed by atoms with Gasteiger partial charge in [0.05, 0.1) is 25.2 Å². The lowest BCUT2D eigenvalue weighted by Crippen LogP contribution is -2.28. The van der Waals surface area contributed by atoms with Crippen molar-refractivity contribution in [2.24, 2.45) is 0 Å². The third-order valence-electron chi connectivity index (χ3n) is 3.95. The summed E-state index contributed by atoms with van der Waals surface area (Å²) < 4.78 is 43.0. The Morgan fingerprint density at radius 2 is 1.75 bits per heavy atom. The zero-order valence-corrected chi connectivity index (χ0v) is 14.3. The van der Waals surface area contributed by atoms with Gasteiger partial charge in [-0.15, -0.1) is 0 Å². The van der Waals surface area contributed by atoms with Gasteiger partial charge in [-0.25, -0.2) is 8.42 Å². The molecule has 1 unspecified atom stereocenters. The van der Waals surface area contributed by atoms with Crippen molar-refractivity contribution in [2.75, 3.05) is 27.5 Å². The molecule has 24 heavy (non-hydrogen) atoms. The van der Waals surface area contributed by atoms with Gasteiger partial charge in [0.1, 0.15) is 6.73 Å². The fourth-order valence-electron chi connectivity index (χ4n) is 2.63. The third-order valence-corrected chi connectivity index (χ3v) is 5.74. The molecule has 128 valence electrons. The summed E-state index contributed by atoms with van der Waals surface area (Å²) >= 11 is 0. The van der Waals surface area contributed by atoms with E-state index in [0.29, 0.717) is 11.5 Å². The highest BCUT2D eigenvalue weighted by molar-refractivity contribution is 7.89. The maximum absolute atomic E-state index is 12.8. The first-order chi connectivity index (χ1) is 11.6. The number of hydrogen-bond acceptors (Lipinski definition) is 5. The lowest BCUT2D eigenvalue weighted by Gasteiger charge is -2.16. The van der Waals surface area contributed by atoms with Crippen LogP contribution >= 0.6 is 0 Å². The molecule has 2 aromatic rings. The highest BCUT2D eigenvalue weighted by Crippen LogP contribution is 2.33. The molecule has 0 spiro atoms. The smallest absolute Gasteiger partial charge is 0.245 e. The Labute approximate surface area is 141 Å². The number of benzene rings is 2. The van der Waals surface area contributed by atoms with Crippen molar-refractivity contribution >= 4 is 10.0 Å². The zero-order chi connectivity index (χ0) is 17.2. The summed E-state index contributed by atoms with van der Waals surface area (Å²) in [5, 5.41) is 0. The number of sulfonamides is 1. The molecule has 0 aromatic heterocycles. The average molecular weight is 349 g/mol. The highest BCUT2D eigenvalue weighted by Gasteiger charge is 2.34. The summed E-state index contributed by atoms with van der Waals surface area (Å²) in [5.74, 6) is 0.856. The van der Waals surface area contributed by atoms with Crippen LogP contribution in [0, 0.1) is 0 Å². The molecule has 0 saturated carbocycles. The van der Waals surface area contributed by atoms with Crippen LogP contribution in [0.15, 0.2) is 53.4 Å². The van der Waals surface area contributed by atoms with Gasteiger partial charge in [-0.1, -0.05) is 30.3 Å². The molecule has 0 N–H and O–H groups in total. The number of methoxy groups -OCH3 is 2. The Hall–Kier alpha value is -2.09.